The molecule has 1 unspecified atom stereocenters. The summed E-state index contributed by atoms with van der Waals surface area (Å²) >= 11 is 0. The zero-order valence-electron chi connectivity index (χ0n) is 9.35. The van der Waals surface area contributed by atoms with Crippen LogP contribution in [0.15, 0.2) is 12.5 Å². The van der Waals surface area contributed by atoms with Crippen LogP contribution in [0, 0.1) is 5.92 Å². The number of rotatable bonds is 8. The molecule has 1 atom stereocenters. The van der Waals surface area contributed by atoms with Crippen LogP contribution in [0.2, 0.25) is 0 Å². The van der Waals surface area contributed by atoms with Gasteiger partial charge in [-0.2, -0.15) is 0 Å². The molecule has 1 aliphatic rings. The highest BCUT2D eigenvalue weighted by molar-refractivity contribution is 4.93. The van der Waals surface area contributed by atoms with Crippen LogP contribution >= 0.6 is 0 Å². The van der Waals surface area contributed by atoms with Crippen LogP contribution in [0.5, 0.6) is 0 Å². The molecule has 0 spiro atoms. The van der Waals surface area contributed by atoms with E-state index in [-0.39, 0.29) is 0 Å². The Hall–Kier alpha value is -0.910. The van der Waals surface area contributed by atoms with Crippen molar-refractivity contribution in [1.82, 2.24) is 15.3 Å². The van der Waals surface area contributed by atoms with Crippen LogP contribution in [-0.4, -0.2) is 40.9 Å². The molecule has 90 valence electrons. The molecule has 5 heteroatoms. The SMILES string of the molecule is OC(CNCc1cnc[nH]1)COCC1CC1. The van der Waals surface area contributed by atoms with E-state index in [9.17, 15) is 5.11 Å². The summed E-state index contributed by atoms with van der Waals surface area (Å²) in [5.74, 6) is 0.755. The Morgan fingerprint density at radius 2 is 2.50 bits per heavy atom. The Labute approximate surface area is 95.2 Å². The van der Waals surface area contributed by atoms with E-state index in [1.807, 2.05) is 0 Å². The van der Waals surface area contributed by atoms with Crippen molar-refractivity contribution in [2.45, 2.75) is 25.5 Å². The second-order valence-corrected chi connectivity index (χ2v) is 4.34. The van der Waals surface area contributed by atoms with Gasteiger partial charge in [0.05, 0.1) is 19.0 Å². The number of hydrogen-bond donors (Lipinski definition) is 3. The highest BCUT2D eigenvalue weighted by Crippen LogP contribution is 2.28. The molecule has 1 fully saturated rings. The third-order valence-electron chi connectivity index (χ3n) is 2.61. The van der Waals surface area contributed by atoms with Gasteiger partial charge in [-0.3, -0.25) is 0 Å². The van der Waals surface area contributed by atoms with Crippen LogP contribution in [0.25, 0.3) is 0 Å². The number of hydrogen-bond acceptors (Lipinski definition) is 4. The number of imidazole rings is 1. The van der Waals surface area contributed by atoms with Crippen molar-refractivity contribution in [2.75, 3.05) is 19.8 Å². The van der Waals surface area contributed by atoms with Crippen molar-refractivity contribution in [1.29, 1.82) is 0 Å². The van der Waals surface area contributed by atoms with Gasteiger partial charge < -0.3 is 20.1 Å². The van der Waals surface area contributed by atoms with Gasteiger partial charge in [0.15, 0.2) is 0 Å². The monoisotopic (exact) mass is 225 g/mol. The van der Waals surface area contributed by atoms with Crippen LogP contribution in [0.3, 0.4) is 0 Å². The largest absolute Gasteiger partial charge is 0.389 e. The molecule has 1 aromatic rings. The highest BCUT2D eigenvalue weighted by Gasteiger charge is 2.21. The number of aliphatic hydroxyl groups excluding tert-OH is 1. The Morgan fingerprint density at radius 1 is 1.62 bits per heavy atom. The fourth-order valence-corrected chi connectivity index (χ4v) is 1.47. The van der Waals surface area contributed by atoms with E-state index < -0.39 is 6.10 Å². The first-order chi connectivity index (χ1) is 7.84. The minimum absolute atomic E-state index is 0.423. The fraction of sp³-hybridized carbons (Fsp3) is 0.727. The van der Waals surface area contributed by atoms with E-state index >= 15 is 0 Å². The lowest BCUT2D eigenvalue weighted by Gasteiger charge is -2.11. The molecular formula is C11H19N3O2. The molecule has 0 saturated heterocycles. The first-order valence-electron chi connectivity index (χ1n) is 5.78. The molecule has 3 N–H and O–H groups in total. The summed E-state index contributed by atoms with van der Waals surface area (Å²) in [6.45, 7) is 2.47. The summed E-state index contributed by atoms with van der Waals surface area (Å²) in [4.78, 5) is 6.90. The second kappa shape index (κ2) is 5.98. The number of aromatic nitrogens is 2. The van der Waals surface area contributed by atoms with E-state index in [1.165, 1.54) is 12.8 Å². The summed E-state index contributed by atoms with van der Waals surface area (Å²) in [6.07, 6.45) is 5.55. The molecule has 1 heterocycles. The van der Waals surface area contributed by atoms with E-state index in [2.05, 4.69) is 15.3 Å². The predicted octanol–water partition coefficient (Wildman–Crippen LogP) is 0.287. The van der Waals surface area contributed by atoms with Gasteiger partial charge >= 0.3 is 0 Å². The quantitative estimate of drug-likeness (QED) is 0.594. The lowest BCUT2D eigenvalue weighted by Crippen LogP contribution is -2.30. The molecular weight excluding hydrogens is 206 g/mol. The number of nitrogens with zero attached hydrogens (tertiary/aromatic N) is 1. The van der Waals surface area contributed by atoms with Gasteiger partial charge in [0, 0.05) is 31.6 Å². The Balaban J connectivity index is 1.48. The van der Waals surface area contributed by atoms with Gasteiger partial charge in [0.25, 0.3) is 0 Å². The number of aromatic amines is 1. The Kier molecular flexibility index (Phi) is 4.33. The second-order valence-electron chi connectivity index (χ2n) is 4.34. The first kappa shape index (κ1) is 11.6. The number of nitrogens with one attached hydrogen (secondary N) is 2. The smallest absolute Gasteiger partial charge is 0.0922 e. The third-order valence-corrected chi connectivity index (χ3v) is 2.61. The Bertz CT molecular complexity index is 285. The highest BCUT2D eigenvalue weighted by atomic mass is 16.5. The van der Waals surface area contributed by atoms with Gasteiger partial charge in [-0.05, 0) is 18.8 Å². The number of H-pyrrole nitrogens is 1. The fourth-order valence-electron chi connectivity index (χ4n) is 1.47. The van der Waals surface area contributed by atoms with Crippen LogP contribution in [0.4, 0.5) is 0 Å². The average molecular weight is 225 g/mol. The topological polar surface area (TPSA) is 70.2 Å². The zero-order valence-corrected chi connectivity index (χ0v) is 9.35. The van der Waals surface area contributed by atoms with Crippen LogP contribution in [-0.2, 0) is 11.3 Å². The summed E-state index contributed by atoms with van der Waals surface area (Å²) in [5, 5.41) is 12.7. The molecule has 5 nitrogen and oxygen atoms in total. The number of ether oxygens (including phenoxy) is 1. The maximum atomic E-state index is 9.60. The maximum absolute atomic E-state index is 9.60. The van der Waals surface area contributed by atoms with E-state index in [0.717, 1.165) is 18.2 Å². The average Bonchev–Trinajstić information content (AvgIpc) is 2.94. The molecule has 0 radical (unpaired) electrons. The van der Waals surface area contributed by atoms with Gasteiger partial charge in [0.2, 0.25) is 0 Å². The minimum atomic E-state index is -0.429. The van der Waals surface area contributed by atoms with Gasteiger partial charge in [-0.25, -0.2) is 4.98 Å². The summed E-state index contributed by atoms with van der Waals surface area (Å²) in [5.41, 5.74) is 1.02. The number of aliphatic hydroxyl groups is 1. The predicted molar refractivity (Wildman–Crippen MR) is 59.8 cm³/mol. The molecule has 0 aromatic carbocycles. The third kappa shape index (κ3) is 4.30. The summed E-state index contributed by atoms with van der Waals surface area (Å²) in [6, 6.07) is 0. The zero-order chi connectivity index (χ0) is 11.2. The lowest BCUT2D eigenvalue weighted by molar-refractivity contribution is 0.0324. The van der Waals surface area contributed by atoms with E-state index in [4.69, 9.17) is 4.74 Å². The molecule has 2 rings (SSSR count). The van der Waals surface area contributed by atoms with Crippen molar-refractivity contribution in [3.05, 3.63) is 18.2 Å². The van der Waals surface area contributed by atoms with Gasteiger partial charge in [-0.15, -0.1) is 0 Å². The molecule has 0 aliphatic heterocycles. The molecule has 0 amide bonds. The lowest BCUT2D eigenvalue weighted by atomic mass is 10.3. The summed E-state index contributed by atoms with van der Waals surface area (Å²) < 4.78 is 5.40. The molecule has 16 heavy (non-hydrogen) atoms. The van der Waals surface area contributed by atoms with Crippen molar-refractivity contribution in [3.8, 4) is 0 Å². The molecule has 1 aromatic heterocycles. The van der Waals surface area contributed by atoms with Crippen molar-refractivity contribution in [2.24, 2.45) is 5.92 Å². The molecule has 1 saturated carbocycles. The van der Waals surface area contributed by atoms with Crippen LogP contribution in [0.1, 0.15) is 18.5 Å². The van der Waals surface area contributed by atoms with Crippen LogP contribution < -0.4 is 5.32 Å². The van der Waals surface area contributed by atoms with Crippen molar-refractivity contribution < 1.29 is 9.84 Å². The first-order valence-corrected chi connectivity index (χ1v) is 5.78. The standard InChI is InChI=1S/C11H19N3O2/c15-11(7-16-6-9-1-2-9)5-12-3-10-4-13-8-14-10/h4,8-9,11-12,15H,1-3,5-7H2,(H,13,14). The molecule has 0 bridgehead atoms. The molecule has 1 aliphatic carbocycles. The van der Waals surface area contributed by atoms with Gasteiger partial charge in [0.1, 0.15) is 0 Å². The van der Waals surface area contributed by atoms with Gasteiger partial charge in [-0.1, -0.05) is 0 Å². The Morgan fingerprint density at radius 3 is 3.19 bits per heavy atom. The van der Waals surface area contributed by atoms with E-state index in [1.54, 1.807) is 12.5 Å². The minimum Gasteiger partial charge on any atom is -0.389 e. The normalized spacial score (nSPS) is 17.6. The van der Waals surface area contributed by atoms with Crippen molar-refractivity contribution in [3.63, 3.8) is 0 Å². The summed E-state index contributed by atoms with van der Waals surface area (Å²) in [7, 11) is 0. The maximum Gasteiger partial charge on any atom is 0.0922 e. The van der Waals surface area contributed by atoms with Crippen molar-refractivity contribution >= 4 is 0 Å². The van der Waals surface area contributed by atoms with E-state index in [0.29, 0.717) is 19.7 Å².